The third kappa shape index (κ3) is 5.08. The molecule has 1 N–H and O–H groups in total. The maximum Gasteiger partial charge on any atom is 0.270 e. The van der Waals surface area contributed by atoms with Gasteiger partial charge in [-0.2, -0.15) is 10.2 Å². The molecule has 3 aromatic carbocycles. The van der Waals surface area contributed by atoms with Crippen molar-refractivity contribution in [3.05, 3.63) is 92.3 Å². The fraction of sp³-hybridized carbons (Fsp3) is 0. The molecule has 0 aromatic heterocycles. The number of amides is 1. The van der Waals surface area contributed by atoms with Gasteiger partial charge in [0.15, 0.2) is 4.32 Å². The number of benzene rings is 3. The molecule has 0 unspecified atom stereocenters. The highest BCUT2D eigenvalue weighted by Gasteiger charge is 2.33. The highest BCUT2D eigenvalue weighted by molar-refractivity contribution is 8.27. The minimum Gasteiger partial charge on any atom is -0.507 e. The minimum atomic E-state index is -0.520. The maximum atomic E-state index is 13.0. The summed E-state index contributed by atoms with van der Waals surface area (Å²) in [5, 5.41) is 29.9. The summed E-state index contributed by atoms with van der Waals surface area (Å²) in [5.41, 5.74) is 1.72. The van der Waals surface area contributed by atoms with Crippen LogP contribution in [0.2, 0.25) is 5.02 Å². The van der Waals surface area contributed by atoms with Crippen molar-refractivity contribution in [1.29, 1.82) is 0 Å². The molecule has 0 aliphatic carbocycles. The molecule has 11 heteroatoms. The molecule has 0 bridgehead atoms. The molecule has 33 heavy (non-hydrogen) atoms. The Morgan fingerprint density at radius 3 is 2.42 bits per heavy atom. The highest BCUT2D eigenvalue weighted by atomic mass is 35.5. The number of carbonyl (C=O) groups excluding carboxylic acids is 1. The summed E-state index contributed by atoms with van der Waals surface area (Å²) in [7, 11) is 0. The lowest BCUT2D eigenvalue weighted by Gasteiger charge is -2.13. The fourth-order valence-electron chi connectivity index (χ4n) is 2.93. The van der Waals surface area contributed by atoms with Gasteiger partial charge in [-0.3, -0.25) is 19.8 Å². The van der Waals surface area contributed by atoms with Gasteiger partial charge >= 0.3 is 0 Å². The number of thiocarbonyl (C=S) groups is 1. The number of non-ortho nitro benzene ring substituents is 1. The number of carbonyl (C=O) groups is 1. The van der Waals surface area contributed by atoms with Gasteiger partial charge in [-0.25, -0.2) is 0 Å². The predicted octanol–water partition coefficient (Wildman–Crippen LogP) is 6.78. The summed E-state index contributed by atoms with van der Waals surface area (Å²) in [6.07, 6.45) is 1.51. The summed E-state index contributed by atoms with van der Waals surface area (Å²) in [6, 6.07) is 17.0. The van der Waals surface area contributed by atoms with Crippen LogP contribution >= 0.6 is 35.6 Å². The first-order chi connectivity index (χ1) is 15.8. The molecule has 4 rings (SSSR count). The molecule has 1 aliphatic heterocycles. The lowest BCUT2D eigenvalue weighted by atomic mass is 10.1. The zero-order valence-electron chi connectivity index (χ0n) is 16.6. The van der Waals surface area contributed by atoms with Crippen LogP contribution in [0.4, 0.5) is 22.7 Å². The van der Waals surface area contributed by atoms with Crippen LogP contribution in [0.15, 0.2) is 81.9 Å². The Balaban J connectivity index is 1.59. The molecule has 0 saturated carbocycles. The molecule has 0 atom stereocenters. The van der Waals surface area contributed by atoms with Gasteiger partial charge in [-0.15, -0.1) is 0 Å². The van der Waals surface area contributed by atoms with Gasteiger partial charge in [0.1, 0.15) is 5.75 Å². The number of hydrogen-bond donors (Lipinski definition) is 1. The van der Waals surface area contributed by atoms with Gasteiger partial charge in [0.25, 0.3) is 11.6 Å². The van der Waals surface area contributed by atoms with E-state index in [1.54, 1.807) is 36.4 Å². The Morgan fingerprint density at radius 1 is 1.06 bits per heavy atom. The molecule has 0 spiro atoms. The van der Waals surface area contributed by atoms with E-state index in [1.165, 1.54) is 41.3 Å². The maximum absolute atomic E-state index is 13.0. The van der Waals surface area contributed by atoms with E-state index in [9.17, 15) is 20.0 Å². The van der Waals surface area contributed by atoms with E-state index in [0.717, 1.165) is 11.8 Å². The van der Waals surface area contributed by atoms with Crippen LogP contribution in [0.1, 0.15) is 5.56 Å². The molecular formula is C22H13ClN4O4S2. The monoisotopic (exact) mass is 496 g/mol. The minimum absolute atomic E-state index is 0.0442. The molecule has 1 saturated heterocycles. The van der Waals surface area contributed by atoms with Crippen molar-refractivity contribution < 1.29 is 14.8 Å². The quantitative estimate of drug-likeness (QED) is 0.137. The van der Waals surface area contributed by atoms with Crippen molar-refractivity contribution in [3.8, 4) is 5.75 Å². The molecular weight excluding hydrogens is 484 g/mol. The Hall–Kier alpha value is -3.60. The van der Waals surface area contributed by atoms with Crippen LogP contribution in [0.3, 0.4) is 0 Å². The molecule has 0 radical (unpaired) electrons. The third-order valence-electron chi connectivity index (χ3n) is 4.50. The SMILES string of the molecule is O=C1/C(=C/c2cc(N=Nc3cccc(Cl)c3)ccc2O)SC(=S)N1c1ccc([N+](=O)[O-])cc1. The van der Waals surface area contributed by atoms with E-state index in [-0.39, 0.29) is 20.7 Å². The van der Waals surface area contributed by atoms with Crippen LogP contribution in [-0.2, 0) is 4.79 Å². The van der Waals surface area contributed by atoms with Crippen LogP contribution in [-0.4, -0.2) is 20.3 Å². The van der Waals surface area contributed by atoms with Gasteiger partial charge in [-0.05, 0) is 54.6 Å². The molecule has 3 aromatic rings. The van der Waals surface area contributed by atoms with E-state index in [2.05, 4.69) is 10.2 Å². The molecule has 8 nitrogen and oxygen atoms in total. The zero-order valence-corrected chi connectivity index (χ0v) is 19.0. The van der Waals surface area contributed by atoms with E-state index in [0.29, 0.717) is 27.6 Å². The standard InChI is InChI=1S/C22H13ClN4O4S2/c23-14-2-1-3-15(12-14)24-25-16-4-9-19(28)13(10-16)11-20-21(29)26(22(32)33-20)17-5-7-18(8-6-17)27(30)31/h1-12,28H/b20-11-,25-24?. The second kappa shape index (κ2) is 9.49. The number of rotatable bonds is 5. The largest absolute Gasteiger partial charge is 0.507 e. The Morgan fingerprint density at radius 2 is 1.76 bits per heavy atom. The number of aromatic hydroxyl groups is 1. The first kappa shape index (κ1) is 22.6. The molecule has 1 fully saturated rings. The lowest BCUT2D eigenvalue weighted by molar-refractivity contribution is -0.384. The number of nitro groups is 1. The van der Waals surface area contributed by atoms with Crippen molar-refractivity contribution >= 4 is 74.6 Å². The van der Waals surface area contributed by atoms with Crippen molar-refractivity contribution in [2.75, 3.05) is 4.90 Å². The van der Waals surface area contributed by atoms with Crippen LogP contribution in [0, 0.1) is 10.1 Å². The fourth-order valence-corrected chi connectivity index (χ4v) is 4.40. The molecule has 1 amide bonds. The normalized spacial score (nSPS) is 15.1. The summed E-state index contributed by atoms with van der Waals surface area (Å²) in [6.45, 7) is 0. The van der Waals surface area contributed by atoms with Crippen molar-refractivity contribution in [2.24, 2.45) is 10.2 Å². The van der Waals surface area contributed by atoms with Gasteiger partial charge in [0.05, 0.1) is 26.9 Å². The second-order valence-corrected chi connectivity index (χ2v) is 8.83. The number of halogens is 1. The van der Waals surface area contributed by atoms with E-state index >= 15 is 0 Å². The van der Waals surface area contributed by atoms with Gasteiger partial charge in [0, 0.05) is 22.7 Å². The first-order valence-electron chi connectivity index (χ1n) is 9.34. The highest BCUT2D eigenvalue weighted by Crippen LogP contribution is 2.38. The first-order valence-corrected chi connectivity index (χ1v) is 10.9. The number of anilines is 1. The van der Waals surface area contributed by atoms with Crippen LogP contribution in [0.5, 0.6) is 5.75 Å². The van der Waals surface area contributed by atoms with Crippen LogP contribution < -0.4 is 4.90 Å². The number of phenols is 1. The topological polar surface area (TPSA) is 108 Å². The second-order valence-electron chi connectivity index (χ2n) is 6.71. The zero-order chi connectivity index (χ0) is 23.5. The summed E-state index contributed by atoms with van der Waals surface area (Å²) < 4.78 is 0.274. The Bertz CT molecular complexity index is 1340. The summed E-state index contributed by atoms with van der Waals surface area (Å²) in [5.74, 6) is -0.443. The average molecular weight is 497 g/mol. The van der Waals surface area contributed by atoms with Crippen molar-refractivity contribution in [3.63, 3.8) is 0 Å². The molecule has 1 aliphatic rings. The third-order valence-corrected chi connectivity index (χ3v) is 6.04. The Labute approximate surface area is 202 Å². The average Bonchev–Trinajstić information content (AvgIpc) is 3.07. The lowest BCUT2D eigenvalue weighted by Crippen LogP contribution is -2.27. The number of nitrogens with zero attached hydrogens (tertiary/aromatic N) is 4. The number of nitro benzene ring substituents is 1. The summed E-state index contributed by atoms with van der Waals surface area (Å²) >= 11 is 12.3. The van der Waals surface area contributed by atoms with E-state index < -0.39 is 10.8 Å². The van der Waals surface area contributed by atoms with Crippen molar-refractivity contribution in [1.82, 2.24) is 0 Å². The van der Waals surface area contributed by atoms with Gasteiger partial charge < -0.3 is 5.11 Å². The van der Waals surface area contributed by atoms with Gasteiger partial charge in [-0.1, -0.05) is 41.6 Å². The van der Waals surface area contributed by atoms with Gasteiger partial charge in [0.2, 0.25) is 0 Å². The number of thioether (sulfide) groups is 1. The Kier molecular flexibility index (Phi) is 6.50. The molecule has 164 valence electrons. The number of azo groups is 1. The number of phenolic OH excluding ortho intramolecular Hbond substituents is 1. The van der Waals surface area contributed by atoms with E-state index in [4.69, 9.17) is 23.8 Å². The predicted molar refractivity (Wildman–Crippen MR) is 132 cm³/mol. The number of hydrogen-bond acceptors (Lipinski definition) is 8. The van der Waals surface area contributed by atoms with Crippen LogP contribution in [0.25, 0.3) is 6.08 Å². The molecule has 1 heterocycles. The summed E-state index contributed by atoms with van der Waals surface area (Å²) in [4.78, 5) is 24.9. The smallest absolute Gasteiger partial charge is 0.270 e. The van der Waals surface area contributed by atoms with E-state index in [1.807, 2.05) is 0 Å². The van der Waals surface area contributed by atoms with Crippen molar-refractivity contribution in [2.45, 2.75) is 0 Å².